The first kappa shape index (κ1) is 11.0. The Morgan fingerprint density at radius 2 is 1.93 bits per heavy atom. The summed E-state index contributed by atoms with van der Waals surface area (Å²) in [4.78, 5) is 0. The summed E-state index contributed by atoms with van der Waals surface area (Å²) in [5, 5.41) is 0.490. The summed E-state index contributed by atoms with van der Waals surface area (Å²) in [5.41, 5.74) is 0. The molecule has 1 aromatic carbocycles. The SMILES string of the molecule is CC(C)OC(=S)COc1ccccc1. The van der Waals surface area contributed by atoms with Crippen LogP contribution in [-0.2, 0) is 4.74 Å². The molecule has 3 heteroatoms. The number of rotatable bonds is 4. The zero-order chi connectivity index (χ0) is 10.4. The number of para-hydroxylation sites is 1. The van der Waals surface area contributed by atoms with Crippen LogP contribution in [0.25, 0.3) is 0 Å². The van der Waals surface area contributed by atoms with Gasteiger partial charge in [-0.1, -0.05) is 18.2 Å². The monoisotopic (exact) mass is 210 g/mol. The largest absolute Gasteiger partial charge is 0.485 e. The quantitative estimate of drug-likeness (QED) is 0.712. The molecule has 0 aliphatic rings. The van der Waals surface area contributed by atoms with E-state index in [0.29, 0.717) is 11.7 Å². The topological polar surface area (TPSA) is 18.5 Å². The van der Waals surface area contributed by atoms with Crippen LogP contribution in [0.3, 0.4) is 0 Å². The Morgan fingerprint density at radius 1 is 1.29 bits per heavy atom. The van der Waals surface area contributed by atoms with Crippen LogP contribution in [0, 0.1) is 0 Å². The molecule has 0 spiro atoms. The molecule has 0 amide bonds. The van der Waals surface area contributed by atoms with E-state index in [4.69, 9.17) is 21.7 Å². The molecule has 14 heavy (non-hydrogen) atoms. The van der Waals surface area contributed by atoms with Crippen molar-refractivity contribution in [2.75, 3.05) is 6.61 Å². The molecule has 0 fully saturated rings. The first-order valence-electron chi connectivity index (χ1n) is 4.56. The van der Waals surface area contributed by atoms with Crippen LogP contribution in [0.4, 0.5) is 0 Å². The van der Waals surface area contributed by atoms with Crippen LogP contribution in [0.5, 0.6) is 5.75 Å². The molecular formula is C11H14O2S. The number of hydrogen-bond donors (Lipinski definition) is 0. The van der Waals surface area contributed by atoms with E-state index in [1.807, 2.05) is 44.2 Å². The molecule has 0 aliphatic carbocycles. The van der Waals surface area contributed by atoms with Crippen molar-refractivity contribution < 1.29 is 9.47 Å². The van der Waals surface area contributed by atoms with Crippen molar-refractivity contribution in [2.24, 2.45) is 0 Å². The Labute approximate surface area is 89.8 Å². The van der Waals surface area contributed by atoms with Gasteiger partial charge in [0, 0.05) is 0 Å². The Balaban J connectivity index is 2.31. The van der Waals surface area contributed by atoms with Crippen molar-refractivity contribution >= 4 is 17.3 Å². The van der Waals surface area contributed by atoms with Crippen LogP contribution >= 0.6 is 12.2 Å². The van der Waals surface area contributed by atoms with Crippen molar-refractivity contribution in [3.8, 4) is 5.75 Å². The zero-order valence-electron chi connectivity index (χ0n) is 8.40. The fourth-order valence-corrected chi connectivity index (χ4v) is 1.21. The van der Waals surface area contributed by atoms with Gasteiger partial charge in [-0.2, -0.15) is 0 Å². The molecule has 0 radical (unpaired) electrons. The third-order valence-electron chi connectivity index (χ3n) is 1.47. The highest BCUT2D eigenvalue weighted by Gasteiger charge is 2.01. The van der Waals surface area contributed by atoms with Gasteiger partial charge < -0.3 is 9.47 Å². The molecule has 76 valence electrons. The van der Waals surface area contributed by atoms with Gasteiger partial charge in [-0.15, -0.1) is 0 Å². The predicted octanol–water partition coefficient (Wildman–Crippen LogP) is 2.82. The standard InChI is InChI=1S/C11H14O2S/c1-9(2)13-11(14)8-12-10-6-4-3-5-7-10/h3-7,9H,8H2,1-2H3. The molecule has 2 nitrogen and oxygen atoms in total. The number of ether oxygens (including phenoxy) is 2. The van der Waals surface area contributed by atoms with E-state index < -0.39 is 0 Å². The van der Waals surface area contributed by atoms with Gasteiger partial charge in [0.05, 0.1) is 6.10 Å². The third-order valence-corrected chi connectivity index (χ3v) is 1.68. The second-order valence-electron chi connectivity index (χ2n) is 3.14. The molecule has 0 bridgehead atoms. The number of benzene rings is 1. The van der Waals surface area contributed by atoms with E-state index in [2.05, 4.69) is 0 Å². The third kappa shape index (κ3) is 4.23. The lowest BCUT2D eigenvalue weighted by molar-refractivity contribution is 0.212. The molecule has 0 N–H and O–H groups in total. The summed E-state index contributed by atoms with van der Waals surface area (Å²) in [6.07, 6.45) is 0.113. The molecule has 0 unspecified atom stereocenters. The average molecular weight is 210 g/mol. The second kappa shape index (κ2) is 5.60. The van der Waals surface area contributed by atoms with Gasteiger partial charge in [0.2, 0.25) is 0 Å². The van der Waals surface area contributed by atoms with E-state index >= 15 is 0 Å². The van der Waals surface area contributed by atoms with E-state index in [9.17, 15) is 0 Å². The lowest BCUT2D eigenvalue weighted by Gasteiger charge is -2.11. The predicted molar refractivity (Wildman–Crippen MR) is 60.8 cm³/mol. The van der Waals surface area contributed by atoms with Crippen molar-refractivity contribution in [3.05, 3.63) is 30.3 Å². The summed E-state index contributed by atoms with van der Waals surface area (Å²) in [6.45, 7) is 4.21. The molecule has 1 aromatic rings. The highest BCUT2D eigenvalue weighted by molar-refractivity contribution is 7.80. The smallest absolute Gasteiger partial charge is 0.198 e. The van der Waals surface area contributed by atoms with E-state index in [0.717, 1.165) is 5.75 Å². The Bertz CT molecular complexity index is 283. The fraction of sp³-hybridized carbons (Fsp3) is 0.364. The van der Waals surface area contributed by atoms with E-state index in [-0.39, 0.29) is 6.10 Å². The summed E-state index contributed by atoms with van der Waals surface area (Å²) in [6, 6.07) is 9.55. The van der Waals surface area contributed by atoms with Gasteiger partial charge in [-0.25, -0.2) is 0 Å². The Hall–Kier alpha value is -1.09. The minimum atomic E-state index is 0.113. The maximum Gasteiger partial charge on any atom is 0.198 e. The number of thiocarbonyl (C=S) groups is 1. The summed E-state index contributed by atoms with van der Waals surface area (Å²) in [7, 11) is 0. The summed E-state index contributed by atoms with van der Waals surface area (Å²) in [5.74, 6) is 0.808. The maximum atomic E-state index is 5.40. The van der Waals surface area contributed by atoms with Crippen molar-refractivity contribution in [1.29, 1.82) is 0 Å². The van der Waals surface area contributed by atoms with Gasteiger partial charge in [0.25, 0.3) is 0 Å². The molecule has 0 saturated heterocycles. The van der Waals surface area contributed by atoms with E-state index in [1.165, 1.54) is 0 Å². The molecule has 1 rings (SSSR count). The van der Waals surface area contributed by atoms with Crippen LogP contribution in [-0.4, -0.2) is 17.8 Å². The van der Waals surface area contributed by atoms with Gasteiger partial charge in [0.1, 0.15) is 5.75 Å². The van der Waals surface area contributed by atoms with Crippen molar-refractivity contribution in [1.82, 2.24) is 0 Å². The normalized spacial score (nSPS) is 9.93. The van der Waals surface area contributed by atoms with Crippen LogP contribution in [0.15, 0.2) is 30.3 Å². The molecule has 0 aliphatic heterocycles. The first-order valence-corrected chi connectivity index (χ1v) is 4.96. The Morgan fingerprint density at radius 3 is 2.50 bits per heavy atom. The molecular weight excluding hydrogens is 196 g/mol. The highest BCUT2D eigenvalue weighted by Crippen LogP contribution is 2.08. The van der Waals surface area contributed by atoms with Crippen LogP contribution in [0.2, 0.25) is 0 Å². The molecule has 0 heterocycles. The highest BCUT2D eigenvalue weighted by atomic mass is 32.1. The molecule has 0 aromatic heterocycles. The minimum Gasteiger partial charge on any atom is -0.485 e. The molecule has 0 atom stereocenters. The fourth-order valence-electron chi connectivity index (χ4n) is 0.956. The van der Waals surface area contributed by atoms with Crippen molar-refractivity contribution in [2.45, 2.75) is 20.0 Å². The molecule has 0 saturated carbocycles. The van der Waals surface area contributed by atoms with Crippen molar-refractivity contribution in [3.63, 3.8) is 0 Å². The van der Waals surface area contributed by atoms with Gasteiger partial charge in [-0.3, -0.25) is 0 Å². The minimum absolute atomic E-state index is 0.113. The van der Waals surface area contributed by atoms with Gasteiger partial charge >= 0.3 is 0 Å². The maximum absolute atomic E-state index is 5.40. The number of hydrogen-bond acceptors (Lipinski definition) is 3. The lowest BCUT2D eigenvalue weighted by atomic mass is 10.3. The first-order chi connectivity index (χ1) is 6.68. The van der Waals surface area contributed by atoms with Gasteiger partial charge in [-0.05, 0) is 38.2 Å². The van der Waals surface area contributed by atoms with Crippen LogP contribution in [0.1, 0.15) is 13.8 Å². The zero-order valence-corrected chi connectivity index (χ0v) is 9.21. The average Bonchev–Trinajstić information content (AvgIpc) is 2.15. The van der Waals surface area contributed by atoms with E-state index in [1.54, 1.807) is 0 Å². The summed E-state index contributed by atoms with van der Waals surface area (Å²) >= 11 is 4.98. The van der Waals surface area contributed by atoms with Gasteiger partial charge in [0.15, 0.2) is 11.7 Å². The van der Waals surface area contributed by atoms with Crippen LogP contribution < -0.4 is 4.74 Å². The second-order valence-corrected chi connectivity index (χ2v) is 3.60. The lowest BCUT2D eigenvalue weighted by Crippen LogP contribution is -2.16. The summed E-state index contributed by atoms with van der Waals surface area (Å²) < 4.78 is 10.7. The Kier molecular flexibility index (Phi) is 4.40.